The molecular weight excluding hydrogens is 260 g/mol. The van der Waals surface area contributed by atoms with E-state index in [1.807, 2.05) is 24.3 Å². The van der Waals surface area contributed by atoms with Crippen LogP contribution in [0.2, 0.25) is 0 Å². The third-order valence-corrected chi connectivity index (χ3v) is 4.00. The fourth-order valence-electron chi connectivity index (χ4n) is 1.54. The molecule has 0 saturated carbocycles. The van der Waals surface area contributed by atoms with Crippen LogP contribution in [-0.2, 0) is 4.79 Å². The Hall–Kier alpha value is -1.20. The van der Waals surface area contributed by atoms with E-state index in [4.69, 9.17) is 10.5 Å². The van der Waals surface area contributed by atoms with Gasteiger partial charge in [-0.2, -0.15) is 0 Å². The van der Waals surface area contributed by atoms with Crippen molar-refractivity contribution < 1.29 is 9.53 Å². The number of thioether (sulfide) groups is 1. The van der Waals surface area contributed by atoms with E-state index in [1.165, 1.54) is 0 Å². The number of ether oxygens (including phenoxy) is 1. The number of benzene rings is 1. The van der Waals surface area contributed by atoms with Gasteiger partial charge in [-0.3, -0.25) is 4.79 Å². The molecule has 1 amide bonds. The summed E-state index contributed by atoms with van der Waals surface area (Å²) in [5.41, 5.74) is 5.32. The molecule has 5 heteroatoms. The third-order valence-electron chi connectivity index (χ3n) is 2.61. The maximum absolute atomic E-state index is 11.3. The largest absolute Gasteiger partial charge is 0.496 e. The molecule has 0 aliphatic carbocycles. The summed E-state index contributed by atoms with van der Waals surface area (Å²) in [7, 11) is 1.68. The van der Waals surface area contributed by atoms with Crippen molar-refractivity contribution in [2.75, 3.05) is 26.0 Å². The van der Waals surface area contributed by atoms with E-state index in [0.717, 1.165) is 16.4 Å². The zero-order valence-electron chi connectivity index (χ0n) is 11.5. The molecule has 1 rings (SSSR count). The van der Waals surface area contributed by atoms with Crippen LogP contribution in [0.3, 0.4) is 0 Å². The highest BCUT2D eigenvalue weighted by atomic mass is 32.2. The molecule has 0 bridgehead atoms. The first-order chi connectivity index (χ1) is 9.17. The van der Waals surface area contributed by atoms with Gasteiger partial charge in [-0.1, -0.05) is 19.1 Å². The van der Waals surface area contributed by atoms with E-state index in [1.54, 1.807) is 18.9 Å². The highest BCUT2D eigenvalue weighted by Crippen LogP contribution is 2.29. The standard InChI is InChI=1S/C14H22N2O2S/c1-11(9-16-14(17)7-8-15)10-19-13-6-4-3-5-12(13)18-2/h3-6,11H,7-10,15H2,1-2H3,(H,16,17). The second-order valence-electron chi connectivity index (χ2n) is 4.41. The van der Waals surface area contributed by atoms with Crippen LogP contribution in [0.1, 0.15) is 13.3 Å². The number of hydrogen-bond acceptors (Lipinski definition) is 4. The number of amides is 1. The van der Waals surface area contributed by atoms with Crippen molar-refractivity contribution >= 4 is 17.7 Å². The Kier molecular flexibility index (Phi) is 7.36. The van der Waals surface area contributed by atoms with Crippen molar-refractivity contribution in [3.05, 3.63) is 24.3 Å². The molecule has 106 valence electrons. The van der Waals surface area contributed by atoms with Crippen molar-refractivity contribution in [2.24, 2.45) is 11.7 Å². The van der Waals surface area contributed by atoms with Crippen molar-refractivity contribution in [3.63, 3.8) is 0 Å². The Morgan fingerprint density at radius 3 is 2.89 bits per heavy atom. The summed E-state index contributed by atoms with van der Waals surface area (Å²) in [5, 5.41) is 2.88. The molecule has 0 aliphatic rings. The molecule has 1 aromatic carbocycles. The number of nitrogens with one attached hydrogen (secondary N) is 1. The lowest BCUT2D eigenvalue weighted by Gasteiger charge is -2.13. The molecule has 1 unspecified atom stereocenters. The number of carbonyl (C=O) groups is 1. The Balaban J connectivity index is 2.33. The molecule has 19 heavy (non-hydrogen) atoms. The summed E-state index contributed by atoms with van der Waals surface area (Å²) in [6, 6.07) is 7.96. The lowest BCUT2D eigenvalue weighted by molar-refractivity contribution is -0.121. The normalized spacial score (nSPS) is 11.9. The number of methoxy groups -OCH3 is 1. The smallest absolute Gasteiger partial charge is 0.221 e. The van der Waals surface area contributed by atoms with Crippen molar-refractivity contribution in [1.29, 1.82) is 0 Å². The van der Waals surface area contributed by atoms with E-state index >= 15 is 0 Å². The molecule has 1 aromatic rings. The fourth-order valence-corrected chi connectivity index (χ4v) is 2.59. The zero-order chi connectivity index (χ0) is 14.1. The first-order valence-corrected chi connectivity index (χ1v) is 7.38. The first-order valence-electron chi connectivity index (χ1n) is 6.40. The van der Waals surface area contributed by atoms with Crippen LogP contribution in [0, 0.1) is 5.92 Å². The quantitative estimate of drug-likeness (QED) is 0.715. The minimum Gasteiger partial charge on any atom is -0.496 e. The van der Waals surface area contributed by atoms with Gasteiger partial charge in [0, 0.05) is 30.2 Å². The monoisotopic (exact) mass is 282 g/mol. The van der Waals surface area contributed by atoms with Gasteiger partial charge in [-0.15, -0.1) is 11.8 Å². The van der Waals surface area contributed by atoms with E-state index in [2.05, 4.69) is 12.2 Å². The summed E-state index contributed by atoms with van der Waals surface area (Å²) >= 11 is 1.74. The summed E-state index contributed by atoms with van der Waals surface area (Å²) < 4.78 is 5.30. The molecular formula is C14H22N2O2S. The molecule has 0 aliphatic heterocycles. The van der Waals surface area contributed by atoms with Crippen molar-refractivity contribution in [3.8, 4) is 5.75 Å². The highest BCUT2D eigenvalue weighted by Gasteiger charge is 2.08. The predicted octanol–water partition coefficient (Wildman–Crippen LogP) is 1.89. The molecule has 0 saturated heterocycles. The zero-order valence-corrected chi connectivity index (χ0v) is 12.3. The Labute approximate surface area is 119 Å². The van der Waals surface area contributed by atoms with Gasteiger partial charge in [0.05, 0.1) is 7.11 Å². The summed E-state index contributed by atoms with van der Waals surface area (Å²) in [4.78, 5) is 12.4. The second kappa shape index (κ2) is 8.82. The van der Waals surface area contributed by atoms with Crippen molar-refractivity contribution in [2.45, 2.75) is 18.2 Å². The van der Waals surface area contributed by atoms with Gasteiger partial charge < -0.3 is 15.8 Å². The van der Waals surface area contributed by atoms with Gasteiger partial charge >= 0.3 is 0 Å². The second-order valence-corrected chi connectivity index (χ2v) is 5.47. The lowest BCUT2D eigenvalue weighted by atomic mass is 10.2. The first kappa shape index (κ1) is 15.9. The highest BCUT2D eigenvalue weighted by molar-refractivity contribution is 7.99. The molecule has 3 N–H and O–H groups in total. The van der Waals surface area contributed by atoms with E-state index in [-0.39, 0.29) is 5.91 Å². The van der Waals surface area contributed by atoms with Crippen LogP contribution in [0.15, 0.2) is 29.2 Å². The van der Waals surface area contributed by atoms with Crippen LogP contribution in [0.5, 0.6) is 5.75 Å². The SMILES string of the molecule is COc1ccccc1SCC(C)CNC(=O)CCN. The topological polar surface area (TPSA) is 64.3 Å². The maximum Gasteiger partial charge on any atom is 0.221 e. The van der Waals surface area contributed by atoms with Gasteiger partial charge in [-0.05, 0) is 18.1 Å². The number of carbonyl (C=O) groups excluding carboxylic acids is 1. The fraction of sp³-hybridized carbons (Fsp3) is 0.500. The molecule has 0 radical (unpaired) electrons. The minimum absolute atomic E-state index is 0.0247. The molecule has 4 nitrogen and oxygen atoms in total. The summed E-state index contributed by atoms with van der Waals surface area (Å²) in [6.45, 7) is 3.20. The van der Waals surface area contributed by atoms with E-state index in [9.17, 15) is 4.79 Å². The van der Waals surface area contributed by atoms with Gasteiger partial charge in [0.25, 0.3) is 0 Å². The molecule has 0 heterocycles. The number of para-hydroxylation sites is 1. The summed E-state index contributed by atoms with van der Waals surface area (Å²) in [6.07, 6.45) is 0.395. The van der Waals surface area contributed by atoms with Crippen LogP contribution >= 0.6 is 11.8 Å². The average molecular weight is 282 g/mol. The number of hydrogen-bond donors (Lipinski definition) is 2. The molecule has 0 spiro atoms. The van der Waals surface area contributed by atoms with Crippen molar-refractivity contribution in [1.82, 2.24) is 5.32 Å². The van der Waals surface area contributed by atoms with E-state index < -0.39 is 0 Å². The van der Waals surface area contributed by atoms with Crippen LogP contribution in [-0.4, -0.2) is 31.9 Å². The average Bonchev–Trinajstić information content (AvgIpc) is 2.43. The lowest BCUT2D eigenvalue weighted by Crippen LogP contribution is -2.30. The van der Waals surface area contributed by atoms with Gasteiger partial charge in [-0.25, -0.2) is 0 Å². The number of nitrogens with two attached hydrogens (primary N) is 1. The van der Waals surface area contributed by atoms with Crippen LogP contribution in [0.4, 0.5) is 0 Å². The van der Waals surface area contributed by atoms with Gasteiger partial charge in [0.15, 0.2) is 0 Å². The molecule has 0 fully saturated rings. The van der Waals surface area contributed by atoms with Crippen LogP contribution in [0.25, 0.3) is 0 Å². The number of rotatable bonds is 8. The van der Waals surface area contributed by atoms with Gasteiger partial charge in [0.2, 0.25) is 5.91 Å². The van der Waals surface area contributed by atoms with Crippen LogP contribution < -0.4 is 15.8 Å². The predicted molar refractivity (Wildman–Crippen MR) is 79.6 cm³/mol. The Morgan fingerprint density at radius 1 is 1.47 bits per heavy atom. The summed E-state index contributed by atoms with van der Waals surface area (Å²) in [5.74, 6) is 2.25. The van der Waals surface area contributed by atoms with Gasteiger partial charge in [0.1, 0.15) is 5.75 Å². The molecule has 0 aromatic heterocycles. The minimum atomic E-state index is 0.0247. The van der Waals surface area contributed by atoms with E-state index in [0.29, 0.717) is 25.4 Å². The third kappa shape index (κ3) is 5.98. The molecule has 1 atom stereocenters. The Morgan fingerprint density at radius 2 is 2.21 bits per heavy atom. The maximum atomic E-state index is 11.3. The Bertz CT molecular complexity index is 399.